The van der Waals surface area contributed by atoms with Crippen LogP contribution in [-0.4, -0.2) is 6.04 Å². The van der Waals surface area contributed by atoms with E-state index >= 15 is 0 Å². The molecule has 3 atom stereocenters. The van der Waals surface area contributed by atoms with Crippen LogP contribution in [0.25, 0.3) is 10.1 Å². The van der Waals surface area contributed by atoms with E-state index in [4.69, 9.17) is 5.73 Å². The van der Waals surface area contributed by atoms with Crippen molar-refractivity contribution in [3.63, 3.8) is 0 Å². The van der Waals surface area contributed by atoms with E-state index in [1.807, 2.05) is 11.3 Å². The van der Waals surface area contributed by atoms with E-state index in [-0.39, 0.29) is 0 Å². The molecule has 2 aromatic rings. The third-order valence-electron chi connectivity index (χ3n) is 5.23. The summed E-state index contributed by atoms with van der Waals surface area (Å²) in [6, 6.07) is 9.10. The highest BCUT2D eigenvalue weighted by Gasteiger charge is 2.52. The van der Waals surface area contributed by atoms with Crippen LogP contribution >= 0.6 is 11.3 Å². The molecular formula is C17H21NS. The molecule has 0 amide bonds. The molecule has 3 unspecified atom stereocenters. The summed E-state index contributed by atoms with van der Waals surface area (Å²) in [4.78, 5) is 0. The molecule has 2 saturated carbocycles. The van der Waals surface area contributed by atoms with E-state index in [2.05, 4.69) is 29.6 Å². The molecule has 19 heavy (non-hydrogen) atoms. The van der Waals surface area contributed by atoms with Gasteiger partial charge in [-0.1, -0.05) is 31.0 Å². The fourth-order valence-corrected chi connectivity index (χ4v) is 5.24. The monoisotopic (exact) mass is 271 g/mol. The number of thiophene rings is 1. The summed E-state index contributed by atoms with van der Waals surface area (Å²) in [5.74, 6) is 2.75. The van der Waals surface area contributed by atoms with Crippen LogP contribution in [0, 0.1) is 17.8 Å². The molecule has 0 aliphatic heterocycles. The largest absolute Gasteiger partial charge is 0.327 e. The van der Waals surface area contributed by atoms with Gasteiger partial charge in [0.05, 0.1) is 0 Å². The summed E-state index contributed by atoms with van der Waals surface area (Å²) >= 11 is 1.86. The minimum absolute atomic E-state index is 0.381. The Morgan fingerprint density at radius 2 is 1.89 bits per heavy atom. The van der Waals surface area contributed by atoms with Gasteiger partial charge < -0.3 is 5.73 Å². The van der Waals surface area contributed by atoms with Crippen LogP contribution in [0.1, 0.15) is 31.2 Å². The number of nitrogens with two attached hydrogens (primary N) is 1. The van der Waals surface area contributed by atoms with Crippen LogP contribution in [0.3, 0.4) is 0 Å². The van der Waals surface area contributed by atoms with Crippen molar-refractivity contribution in [3.05, 3.63) is 35.2 Å². The minimum atomic E-state index is 0.381. The number of benzene rings is 1. The second kappa shape index (κ2) is 4.60. The van der Waals surface area contributed by atoms with Crippen molar-refractivity contribution in [2.24, 2.45) is 23.5 Å². The van der Waals surface area contributed by atoms with Crippen LogP contribution in [0.15, 0.2) is 29.6 Å². The van der Waals surface area contributed by atoms with Crippen molar-refractivity contribution in [1.29, 1.82) is 0 Å². The molecule has 4 rings (SSSR count). The highest BCUT2D eigenvalue weighted by Crippen LogP contribution is 2.57. The van der Waals surface area contributed by atoms with Gasteiger partial charge >= 0.3 is 0 Å². The molecule has 2 fully saturated rings. The van der Waals surface area contributed by atoms with Crippen LogP contribution in [-0.2, 0) is 6.42 Å². The first-order valence-corrected chi connectivity index (χ1v) is 8.43. The molecule has 1 heterocycles. The molecule has 2 aliphatic rings. The highest BCUT2D eigenvalue weighted by molar-refractivity contribution is 7.17. The van der Waals surface area contributed by atoms with Crippen molar-refractivity contribution < 1.29 is 0 Å². The van der Waals surface area contributed by atoms with E-state index in [1.165, 1.54) is 41.3 Å². The molecule has 2 N–H and O–H groups in total. The Hall–Kier alpha value is -0.860. The Kier molecular flexibility index (Phi) is 2.89. The summed E-state index contributed by atoms with van der Waals surface area (Å²) in [6.45, 7) is 0. The molecule has 0 radical (unpaired) electrons. The van der Waals surface area contributed by atoms with Gasteiger partial charge in [-0.3, -0.25) is 0 Å². The quantitative estimate of drug-likeness (QED) is 0.889. The number of fused-ring (bicyclic) bond motifs is 2. The minimum Gasteiger partial charge on any atom is -0.327 e. The lowest BCUT2D eigenvalue weighted by atomic mass is 10.0. The smallest absolute Gasteiger partial charge is 0.0345 e. The summed E-state index contributed by atoms with van der Waals surface area (Å²) in [6.07, 6.45) is 6.82. The van der Waals surface area contributed by atoms with Gasteiger partial charge in [0.15, 0.2) is 0 Å². The molecule has 0 spiro atoms. The lowest BCUT2D eigenvalue weighted by molar-refractivity contribution is 0.480. The number of hydrogen-bond donors (Lipinski definition) is 1. The molecule has 1 aromatic carbocycles. The molecule has 2 heteroatoms. The second-order valence-electron chi connectivity index (χ2n) is 6.31. The van der Waals surface area contributed by atoms with E-state index in [0.29, 0.717) is 6.04 Å². The van der Waals surface area contributed by atoms with Crippen molar-refractivity contribution >= 4 is 21.4 Å². The van der Waals surface area contributed by atoms with E-state index in [1.54, 1.807) is 0 Å². The maximum absolute atomic E-state index is 6.53. The van der Waals surface area contributed by atoms with Gasteiger partial charge in [-0.25, -0.2) is 0 Å². The van der Waals surface area contributed by atoms with Crippen molar-refractivity contribution in [1.82, 2.24) is 0 Å². The van der Waals surface area contributed by atoms with Gasteiger partial charge in [-0.05, 0) is 59.4 Å². The van der Waals surface area contributed by atoms with Gasteiger partial charge in [0.25, 0.3) is 0 Å². The summed E-state index contributed by atoms with van der Waals surface area (Å²) < 4.78 is 1.40. The Labute approximate surface area is 118 Å². The Morgan fingerprint density at radius 3 is 2.68 bits per heavy atom. The maximum Gasteiger partial charge on any atom is 0.0345 e. The lowest BCUT2D eigenvalue weighted by Crippen LogP contribution is -2.26. The third kappa shape index (κ3) is 2.02. The molecule has 1 aromatic heterocycles. The van der Waals surface area contributed by atoms with Gasteiger partial charge in [-0.15, -0.1) is 11.3 Å². The fraction of sp³-hybridized carbons (Fsp3) is 0.529. The first-order chi connectivity index (χ1) is 9.34. The van der Waals surface area contributed by atoms with Gasteiger partial charge in [-0.2, -0.15) is 0 Å². The molecular weight excluding hydrogens is 250 g/mol. The lowest BCUT2D eigenvalue weighted by Gasteiger charge is -2.11. The summed E-state index contributed by atoms with van der Waals surface area (Å²) in [5.41, 5.74) is 7.99. The highest BCUT2D eigenvalue weighted by atomic mass is 32.1. The summed E-state index contributed by atoms with van der Waals surface area (Å²) in [7, 11) is 0. The molecule has 100 valence electrons. The SMILES string of the molecule is NC(Cc1csc2ccccc12)C1C2CCCCC21. The second-order valence-corrected chi connectivity index (χ2v) is 7.23. The van der Waals surface area contributed by atoms with E-state index in [9.17, 15) is 0 Å². The number of hydrogen-bond acceptors (Lipinski definition) is 2. The Bertz CT molecular complexity index is 576. The average Bonchev–Trinajstić information content (AvgIpc) is 3.06. The standard InChI is InChI=1S/C17H21NS/c18-15(17-13-6-1-2-7-14(13)17)9-11-10-19-16-8-4-3-5-12(11)16/h3-5,8,10,13-15,17H,1-2,6-7,9,18H2. The topological polar surface area (TPSA) is 26.0 Å². The first-order valence-electron chi connectivity index (χ1n) is 7.55. The van der Waals surface area contributed by atoms with Crippen LogP contribution in [0.4, 0.5) is 0 Å². The van der Waals surface area contributed by atoms with Crippen LogP contribution in [0.5, 0.6) is 0 Å². The van der Waals surface area contributed by atoms with E-state index < -0.39 is 0 Å². The van der Waals surface area contributed by atoms with Crippen molar-refractivity contribution in [3.8, 4) is 0 Å². The summed E-state index contributed by atoms with van der Waals surface area (Å²) in [5, 5.41) is 3.74. The maximum atomic E-state index is 6.53. The van der Waals surface area contributed by atoms with Gasteiger partial charge in [0.2, 0.25) is 0 Å². The van der Waals surface area contributed by atoms with Gasteiger partial charge in [0, 0.05) is 10.7 Å². The first kappa shape index (κ1) is 11.9. The average molecular weight is 271 g/mol. The molecule has 0 saturated heterocycles. The zero-order valence-corrected chi connectivity index (χ0v) is 12.0. The number of rotatable bonds is 3. The predicted octanol–water partition coefficient (Wildman–Crippen LogP) is 4.21. The van der Waals surface area contributed by atoms with Crippen LogP contribution in [0.2, 0.25) is 0 Å². The van der Waals surface area contributed by atoms with Crippen LogP contribution < -0.4 is 5.73 Å². The fourth-order valence-electron chi connectivity index (χ4n) is 4.26. The zero-order chi connectivity index (χ0) is 12.8. The molecule has 0 bridgehead atoms. The van der Waals surface area contributed by atoms with Crippen molar-refractivity contribution in [2.75, 3.05) is 0 Å². The van der Waals surface area contributed by atoms with E-state index in [0.717, 1.165) is 24.2 Å². The predicted molar refractivity (Wildman–Crippen MR) is 82.4 cm³/mol. The zero-order valence-electron chi connectivity index (χ0n) is 11.2. The molecule has 2 aliphatic carbocycles. The third-order valence-corrected chi connectivity index (χ3v) is 6.25. The molecule has 1 nitrogen and oxygen atoms in total. The van der Waals surface area contributed by atoms with Gasteiger partial charge in [0.1, 0.15) is 0 Å². The normalized spacial score (nSPS) is 31.1. The Balaban J connectivity index is 1.52. The Morgan fingerprint density at radius 1 is 1.16 bits per heavy atom. The van der Waals surface area contributed by atoms with Crippen molar-refractivity contribution in [2.45, 2.75) is 38.1 Å².